The monoisotopic (exact) mass is 302 g/mol. The van der Waals surface area contributed by atoms with Crippen LogP contribution in [0, 0.1) is 5.92 Å². The van der Waals surface area contributed by atoms with Gasteiger partial charge in [0.05, 0.1) is 6.20 Å². The van der Waals surface area contributed by atoms with E-state index in [2.05, 4.69) is 20.0 Å². The van der Waals surface area contributed by atoms with Crippen molar-refractivity contribution < 1.29 is 13.2 Å². The molecule has 0 spiro atoms. The van der Waals surface area contributed by atoms with Gasteiger partial charge in [0.15, 0.2) is 5.03 Å². The van der Waals surface area contributed by atoms with Crippen molar-refractivity contribution in [3.05, 3.63) is 12.0 Å². The molecule has 0 aliphatic heterocycles. The molecule has 0 saturated heterocycles. The summed E-state index contributed by atoms with van der Waals surface area (Å²) in [6.07, 6.45) is 2.30. The fraction of sp³-hybridized carbons (Fsp3) is 0.667. The summed E-state index contributed by atoms with van der Waals surface area (Å²) in [6.45, 7) is 5.72. The zero-order valence-electron chi connectivity index (χ0n) is 12.2. The average molecular weight is 302 g/mol. The van der Waals surface area contributed by atoms with Crippen LogP contribution in [-0.2, 0) is 21.2 Å². The smallest absolute Gasteiger partial charge is 0.258 e. The molecule has 0 aliphatic rings. The van der Waals surface area contributed by atoms with Crippen molar-refractivity contribution in [3.8, 4) is 0 Å². The third-order valence-electron chi connectivity index (χ3n) is 2.80. The highest BCUT2D eigenvalue weighted by atomic mass is 32.2. The lowest BCUT2D eigenvalue weighted by atomic mass is 10.0. The number of nitrogens with zero attached hydrogens (tertiary/aromatic N) is 1. The van der Waals surface area contributed by atoms with Crippen molar-refractivity contribution >= 4 is 15.9 Å². The van der Waals surface area contributed by atoms with E-state index in [4.69, 9.17) is 0 Å². The number of carbonyl (C=O) groups is 1. The predicted molar refractivity (Wildman–Crippen MR) is 75.6 cm³/mol. The van der Waals surface area contributed by atoms with Gasteiger partial charge in [-0.1, -0.05) is 20.8 Å². The average Bonchev–Trinajstić information content (AvgIpc) is 2.85. The maximum absolute atomic E-state index is 12.2. The number of hydrogen-bond donors (Lipinski definition) is 3. The molecule has 8 heteroatoms. The Morgan fingerprint density at radius 1 is 1.45 bits per heavy atom. The SMILES string of the molecule is CCc1ncc(S(=O)(=O)NC(CC(C)C)C(=O)NC)[nH]1. The molecule has 1 unspecified atom stereocenters. The Balaban J connectivity index is 2.93. The van der Waals surface area contributed by atoms with Crippen LogP contribution in [-0.4, -0.2) is 37.4 Å². The lowest BCUT2D eigenvalue weighted by Gasteiger charge is -2.18. The van der Waals surface area contributed by atoms with Crippen molar-refractivity contribution in [2.45, 2.75) is 44.7 Å². The van der Waals surface area contributed by atoms with E-state index in [1.165, 1.54) is 13.2 Å². The molecule has 1 atom stereocenters. The fourth-order valence-electron chi connectivity index (χ4n) is 1.76. The molecule has 7 nitrogen and oxygen atoms in total. The van der Waals surface area contributed by atoms with E-state index in [9.17, 15) is 13.2 Å². The molecular weight excluding hydrogens is 280 g/mol. The number of H-pyrrole nitrogens is 1. The van der Waals surface area contributed by atoms with Crippen LogP contribution in [0.5, 0.6) is 0 Å². The quantitative estimate of drug-likeness (QED) is 0.678. The summed E-state index contributed by atoms with van der Waals surface area (Å²) in [7, 11) is -2.30. The van der Waals surface area contributed by atoms with Crippen molar-refractivity contribution in [2.75, 3.05) is 7.05 Å². The number of aryl methyl sites for hydroxylation is 1. The Kier molecular flexibility index (Phi) is 5.70. The molecule has 0 saturated carbocycles. The van der Waals surface area contributed by atoms with Crippen LogP contribution in [0.4, 0.5) is 0 Å². The molecule has 1 aromatic heterocycles. The topological polar surface area (TPSA) is 104 Å². The van der Waals surface area contributed by atoms with E-state index in [-0.39, 0.29) is 16.9 Å². The zero-order chi connectivity index (χ0) is 15.3. The number of carbonyl (C=O) groups excluding carboxylic acids is 1. The second-order valence-corrected chi connectivity index (χ2v) is 6.65. The van der Waals surface area contributed by atoms with E-state index < -0.39 is 16.1 Å². The van der Waals surface area contributed by atoms with Gasteiger partial charge >= 0.3 is 0 Å². The highest BCUT2D eigenvalue weighted by Crippen LogP contribution is 2.11. The van der Waals surface area contributed by atoms with Crippen LogP contribution in [0.1, 0.15) is 33.0 Å². The molecule has 1 rings (SSSR count). The Morgan fingerprint density at radius 2 is 2.10 bits per heavy atom. The summed E-state index contributed by atoms with van der Waals surface area (Å²) in [6, 6.07) is -0.793. The lowest BCUT2D eigenvalue weighted by molar-refractivity contribution is -0.122. The highest BCUT2D eigenvalue weighted by molar-refractivity contribution is 7.89. The number of rotatable bonds is 7. The fourth-order valence-corrected chi connectivity index (χ4v) is 2.91. The van der Waals surface area contributed by atoms with E-state index in [1.807, 2.05) is 20.8 Å². The van der Waals surface area contributed by atoms with Crippen LogP contribution in [0.2, 0.25) is 0 Å². The third-order valence-corrected chi connectivity index (χ3v) is 4.18. The van der Waals surface area contributed by atoms with Gasteiger partial charge in [0.2, 0.25) is 5.91 Å². The van der Waals surface area contributed by atoms with E-state index >= 15 is 0 Å². The van der Waals surface area contributed by atoms with E-state index in [1.54, 1.807) is 0 Å². The summed E-state index contributed by atoms with van der Waals surface area (Å²) in [5.74, 6) is 0.427. The van der Waals surface area contributed by atoms with Crippen LogP contribution < -0.4 is 10.0 Å². The third kappa shape index (κ3) is 4.31. The highest BCUT2D eigenvalue weighted by Gasteiger charge is 2.26. The molecule has 0 radical (unpaired) electrons. The summed E-state index contributed by atoms with van der Waals surface area (Å²) in [5, 5.41) is 2.45. The molecule has 0 aliphatic carbocycles. The summed E-state index contributed by atoms with van der Waals surface area (Å²) in [5.41, 5.74) is 0. The number of aromatic amines is 1. The van der Waals surface area contributed by atoms with Crippen molar-refractivity contribution in [3.63, 3.8) is 0 Å². The maximum atomic E-state index is 12.2. The van der Waals surface area contributed by atoms with Crippen molar-refractivity contribution in [1.82, 2.24) is 20.0 Å². The van der Waals surface area contributed by atoms with Gasteiger partial charge in [-0.15, -0.1) is 0 Å². The summed E-state index contributed by atoms with van der Waals surface area (Å²) < 4.78 is 26.8. The van der Waals surface area contributed by atoms with Gasteiger partial charge in [-0.2, -0.15) is 4.72 Å². The van der Waals surface area contributed by atoms with Crippen LogP contribution in [0.15, 0.2) is 11.2 Å². The number of aromatic nitrogens is 2. The largest absolute Gasteiger partial charge is 0.358 e. The zero-order valence-corrected chi connectivity index (χ0v) is 13.0. The maximum Gasteiger partial charge on any atom is 0.258 e. The first-order chi connectivity index (χ1) is 9.30. The van der Waals surface area contributed by atoms with Crippen molar-refractivity contribution in [1.29, 1.82) is 0 Å². The number of sulfonamides is 1. The predicted octanol–water partition coefficient (Wildman–Crippen LogP) is 0.411. The lowest BCUT2D eigenvalue weighted by Crippen LogP contribution is -2.46. The molecule has 0 aromatic carbocycles. The standard InChI is InChI=1S/C12H22N4O3S/c1-5-10-14-7-11(15-10)20(18,19)16-9(6-8(2)3)12(17)13-4/h7-9,16H,5-6H2,1-4H3,(H,13,17)(H,14,15). The van der Waals surface area contributed by atoms with Gasteiger partial charge in [0, 0.05) is 13.5 Å². The molecule has 1 heterocycles. The van der Waals surface area contributed by atoms with Gasteiger partial charge in [0.25, 0.3) is 10.0 Å². The minimum atomic E-state index is -3.78. The first kappa shape index (κ1) is 16.6. The van der Waals surface area contributed by atoms with Gasteiger partial charge in [-0.05, 0) is 12.3 Å². The molecular formula is C12H22N4O3S. The molecule has 3 N–H and O–H groups in total. The minimum absolute atomic E-state index is 0.0213. The van der Waals surface area contributed by atoms with Crippen LogP contribution >= 0.6 is 0 Å². The van der Waals surface area contributed by atoms with Crippen LogP contribution in [0.25, 0.3) is 0 Å². The molecule has 114 valence electrons. The number of hydrogen-bond acceptors (Lipinski definition) is 4. The normalized spacial score (nSPS) is 13.4. The first-order valence-electron chi connectivity index (χ1n) is 6.58. The van der Waals surface area contributed by atoms with Gasteiger partial charge < -0.3 is 10.3 Å². The molecule has 1 amide bonds. The molecule has 0 fully saturated rings. The Bertz CT molecular complexity index is 551. The second-order valence-electron chi connectivity index (χ2n) is 4.97. The Morgan fingerprint density at radius 3 is 2.55 bits per heavy atom. The van der Waals surface area contributed by atoms with E-state index in [0.717, 1.165) is 0 Å². The Hall–Kier alpha value is -1.41. The second kappa shape index (κ2) is 6.85. The van der Waals surface area contributed by atoms with Gasteiger partial charge in [-0.25, -0.2) is 13.4 Å². The number of amides is 1. The first-order valence-corrected chi connectivity index (χ1v) is 8.06. The number of nitrogens with one attached hydrogen (secondary N) is 3. The minimum Gasteiger partial charge on any atom is -0.358 e. The van der Waals surface area contributed by atoms with Crippen LogP contribution in [0.3, 0.4) is 0 Å². The number of imidazole rings is 1. The number of likely N-dealkylation sites (N-methyl/N-ethyl adjacent to an activating group) is 1. The molecule has 0 bridgehead atoms. The van der Waals surface area contributed by atoms with Gasteiger partial charge in [0.1, 0.15) is 11.9 Å². The summed E-state index contributed by atoms with van der Waals surface area (Å²) in [4.78, 5) is 18.4. The molecule has 20 heavy (non-hydrogen) atoms. The van der Waals surface area contributed by atoms with E-state index in [0.29, 0.717) is 18.7 Å². The van der Waals surface area contributed by atoms with Gasteiger partial charge in [-0.3, -0.25) is 4.79 Å². The van der Waals surface area contributed by atoms with Crippen molar-refractivity contribution in [2.24, 2.45) is 5.92 Å². The summed E-state index contributed by atoms with van der Waals surface area (Å²) >= 11 is 0. The Labute approximate surface area is 119 Å². The molecule has 1 aromatic rings.